The molecule has 1 saturated heterocycles. The van der Waals surface area contributed by atoms with Crippen molar-refractivity contribution in [1.29, 1.82) is 0 Å². The van der Waals surface area contributed by atoms with Crippen LogP contribution in [0, 0.1) is 0 Å². The molecule has 0 radical (unpaired) electrons. The van der Waals surface area contributed by atoms with Gasteiger partial charge in [-0.2, -0.15) is 0 Å². The molecule has 10 heteroatoms. The third-order valence-corrected chi connectivity index (χ3v) is 3.85. The van der Waals surface area contributed by atoms with E-state index in [0.29, 0.717) is 11.5 Å². The number of hydrogen-bond donors (Lipinski definition) is 0. The van der Waals surface area contributed by atoms with Gasteiger partial charge in [-0.3, -0.25) is 9.59 Å². The zero-order valence-electron chi connectivity index (χ0n) is 15.4. The number of methoxy groups -OCH3 is 1. The van der Waals surface area contributed by atoms with Crippen molar-refractivity contribution in [1.82, 2.24) is 0 Å². The van der Waals surface area contributed by atoms with Crippen LogP contribution in [0.5, 0.6) is 11.5 Å². The summed E-state index contributed by atoms with van der Waals surface area (Å²) in [5, 5.41) is 3.66. The first-order valence-electron chi connectivity index (χ1n) is 8.20. The van der Waals surface area contributed by atoms with E-state index >= 15 is 0 Å². The molecule has 1 unspecified atom stereocenters. The van der Waals surface area contributed by atoms with Crippen LogP contribution in [0.1, 0.15) is 20.8 Å². The molecule has 2 rings (SSSR count). The summed E-state index contributed by atoms with van der Waals surface area (Å²) in [7, 11) is 1.54. The monoisotopic (exact) mass is 379 g/mol. The zero-order chi connectivity index (χ0) is 20.0. The fraction of sp³-hybridized carbons (Fsp3) is 0.529. The second-order valence-electron chi connectivity index (χ2n) is 5.85. The van der Waals surface area contributed by atoms with Gasteiger partial charge < -0.3 is 23.7 Å². The largest absolute Gasteiger partial charge is 0.497 e. The highest BCUT2D eigenvalue weighted by Crippen LogP contribution is 2.30. The predicted molar refractivity (Wildman–Crippen MR) is 92.0 cm³/mol. The van der Waals surface area contributed by atoms with Crippen molar-refractivity contribution < 1.29 is 33.3 Å². The lowest BCUT2D eigenvalue weighted by Crippen LogP contribution is -2.60. The molecular weight excluding hydrogens is 358 g/mol. The SMILES string of the molecule is COc1ccc(OC2O[C@H](C)[C@@H](OC(C)=O)[C@H](OC(C)=O)[C@H]2N=[N+]=[N-])cc1. The van der Waals surface area contributed by atoms with Crippen molar-refractivity contribution in [3.8, 4) is 11.5 Å². The van der Waals surface area contributed by atoms with Crippen LogP contribution in [0.2, 0.25) is 0 Å². The van der Waals surface area contributed by atoms with Crippen molar-refractivity contribution in [3.05, 3.63) is 34.7 Å². The van der Waals surface area contributed by atoms with Crippen LogP contribution < -0.4 is 9.47 Å². The number of azide groups is 1. The molecule has 1 aromatic rings. The minimum Gasteiger partial charge on any atom is -0.497 e. The number of ether oxygens (including phenoxy) is 5. The Kier molecular flexibility index (Phi) is 6.86. The second-order valence-corrected chi connectivity index (χ2v) is 5.85. The van der Waals surface area contributed by atoms with Gasteiger partial charge in [0, 0.05) is 18.8 Å². The van der Waals surface area contributed by atoms with Gasteiger partial charge in [0.25, 0.3) is 0 Å². The average Bonchev–Trinajstić information content (AvgIpc) is 2.61. The highest BCUT2D eigenvalue weighted by Gasteiger charge is 2.49. The molecule has 0 aromatic heterocycles. The van der Waals surface area contributed by atoms with E-state index in [2.05, 4.69) is 10.0 Å². The van der Waals surface area contributed by atoms with Crippen LogP contribution in [0.4, 0.5) is 0 Å². The molecule has 1 fully saturated rings. The molecule has 0 aliphatic carbocycles. The number of benzene rings is 1. The summed E-state index contributed by atoms with van der Waals surface area (Å²) in [5.41, 5.74) is 8.94. The lowest BCUT2D eigenvalue weighted by atomic mass is 9.97. The maximum absolute atomic E-state index is 11.5. The highest BCUT2D eigenvalue weighted by atomic mass is 16.7. The number of hydrogen-bond acceptors (Lipinski definition) is 8. The fourth-order valence-electron chi connectivity index (χ4n) is 2.73. The summed E-state index contributed by atoms with van der Waals surface area (Å²) in [6, 6.07) is 5.62. The Morgan fingerprint density at radius 2 is 1.63 bits per heavy atom. The molecular formula is C17H21N3O7. The van der Waals surface area contributed by atoms with Gasteiger partial charge >= 0.3 is 11.9 Å². The van der Waals surface area contributed by atoms with Crippen LogP contribution in [-0.4, -0.2) is 49.7 Å². The summed E-state index contributed by atoms with van der Waals surface area (Å²) < 4.78 is 27.1. The van der Waals surface area contributed by atoms with Gasteiger partial charge in [-0.1, -0.05) is 5.11 Å². The molecule has 1 aliphatic heterocycles. The normalized spacial score (nSPS) is 27.0. The number of rotatable bonds is 6. The molecule has 5 atom stereocenters. The predicted octanol–water partition coefficient (Wildman–Crippen LogP) is 2.36. The van der Waals surface area contributed by atoms with E-state index in [9.17, 15) is 9.59 Å². The Balaban J connectivity index is 2.31. The molecule has 1 heterocycles. The molecule has 0 bridgehead atoms. The van der Waals surface area contributed by atoms with Gasteiger partial charge in [-0.05, 0) is 36.7 Å². The molecule has 1 aliphatic rings. The maximum atomic E-state index is 11.5. The average molecular weight is 379 g/mol. The smallest absolute Gasteiger partial charge is 0.303 e. The summed E-state index contributed by atoms with van der Waals surface area (Å²) in [6.07, 6.45) is -3.74. The summed E-state index contributed by atoms with van der Waals surface area (Å²) in [6.45, 7) is 4.07. The van der Waals surface area contributed by atoms with Gasteiger partial charge in [0.05, 0.1) is 13.2 Å². The quantitative estimate of drug-likeness (QED) is 0.321. The zero-order valence-corrected chi connectivity index (χ0v) is 15.4. The van der Waals surface area contributed by atoms with Crippen molar-refractivity contribution in [2.24, 2.45) is 5.11 Å². The first kappa shape index (κ1) is 20.3. The number of esters is 2. The van der Waals surface area contributed by atoms with E-state index < -0.39 is 42.6 Å². The van der Waals surface area contributed by atoms with Gasteiger partial charge in [-0.15, -0.1) is 0 Å². The Hall–Kier alpha value is -2.97. The molecule has 10 nitrogen and oxygen atoms in total. The van der Waals surface area contributed by atoms with Crippen LogP contribution >= 0.6 is 0 Å². The topological polar surface area (TPSA) is 129 Å². The summed E-state index contributed by atoms with van der Waals surface area (Å²) >= 11 is 0. The number of carbonyl (C=O) groups is 2. The molecule has 146 valence electrons. The standard InChI is InChI=1S/C17H21N3O7/c1-9-15(25-10(2)21)16(26-11(3)22)14(19-20-18)17(24-9)27-13-7-5-12(23-4)6-8-13/h5-9,14-17H,1-4H3/t9-,14-,15-,16-,17?/m1/s1. The Morgan fingerprint density at radius 3 is 2.15 bits per heavy atom. The van der Waals surface area contributed by atoms with E-state index in [-0.39, 0.29) is 0 Å². The second kappa shape index (κ2) is 9.11. The summed E-state index contributed by atoms with van der Waals surface area (Å²) in [5.74, 6) is -0.132. The van der Waals surface area contributed by atoms with E-state index in [4.69, 9.17) is 29.2 Å². The van der Waals surface area contributed by atoms with E-state index in [1.807, 2.05) is 0 Å². The van der Waals surface area contributed by atoms with Crippen LogP contribution in [0.25, 0.3) is 10.4 Å². The van der Waals surface area contributed by atoms with E-state index in [1.165, 1.54) is 21.0 Å². The van der Waals surface area contributed by atoms with E-state index in [0.717, 1.165) is 0 Å². The molecule has 0 spiro atoms. The molecule has 0 N–H and O–H groups in total. The van der Waals surface area contributed by atoms with Crippen molar-refractivity contribution in [2.75, 3.05) is 7.11 Å². The van der Waals surface area contributed by atoms with Crippen molar-refractivity contribution in [3.63, 3.8) is 0 Å². The van der Waals surface area contributed by atoms with Crippen LogP contribution in [0.15, 0.2) is 29.4 Å². The van der Waals surface area contributed by atoms with Gasteiger partial charge in [0.2, 0.25) is 6.29 Å². The van der Waals surface area contributed by atoms with Crippen LogP contribution in [-0.2, 0) is 23.8 Å². The Labute approximate surface area is 155 Å². The van der Waals surface area contributed by atoms with Gasteiger partial charge in [-0.25, -0.2) is 0 Å². The minimum absolute atomic E-state index is 0.429. The molecule has 0 saturated carbocycles. The number of carbonyl (C=O) groups excluding carboxylic acids is 2. The highest BCUT2D eigenvalue weighted by molar-refractivity contribution is 5.67. The van der Waals surface area contributed by atoms with Crippen LogP contribution in [0.3, 0.4) is 0 Å². The van der Waals surface area contributed by atoms with Gasteiger partial charge in [0.1, 0.15) is 17.5 Å². The maximum Gasteiger partial charge on any atom is 0.303 e. The third-order valence-electron chi connectivity index (χ3n) is 3.85. The lowest BCUT2D eigenvalue weighted by Gasteiger charge is -2.42. The molecule has 0 amide bonds. The van der Waals surface area contributed by atoms with Crippen molar-refractivity contribution in [2.45, 2.75) is 51.4 Å². The Morgan fingerprint density at radius 1 is 1.07 bits per heavy atom. The minimum atomic E-state index is -1.07. The van der Waals surface area contributed by atoms with E-state index in [1.54, 1.807) is 31.2 Å². The number of nitrogens with zero attached hydrogens (tertiary/aromatic N) is 3. The Bertz CT molecular complexity index is 718. The lowest BCUT2D eigenvalue weighted by molar-refractivity contribution is -0.241. The molecule has 27 heavy (non-hydrogen) atoms. The first-order chi connectivity index (χ1) is 12.8. The van der Waals surface area contributed by atoms with Gasteiger partial charge in [0.15, 0.2) is 12.2 Å². The summed E-state index contributed by atoms with van der Waals surface area (Å²) in [4.78, 5) is 25.8. The first-order valence-corrected chi connectivity index (χ1v) is 8.20. The fourth-order valence-corrected chi connectivity index (χ4v) is 2.73. The third kappa shape index (κ3) is 5.25. The van der Waals surface area contributed by atoms with Crippen molar-refractivity contribution >= 4 is 11.9 Å². The molecule has 1 aromatic carbocycles.